The predicted molar refractivity (Wildman–Crippen MR) is 42.3 cm³/mol. The molecule has 0 N–H and O–H groups in total. The van der Waals surface area contributed by atoms with Crippen LogP contribution in [-0.4, -0.2) is 12.5 Å². The van der Waals surface area contributed by atoms with Crippen LogP contribution in [0.2, 0.25) is 0 Å². The number of furan rings is 1. The first-order valence-corrected chi connectivity index (χ1v) is 4.97. The first-order chi connectivity index (χ1) is 4.38. The van der Waals surface area contributed by atoms with Crippen molar-refractivity contribution in [1.82, 2.24) is 0 Å². The summed E-state index contributed by atoms with van der Waals surface area (Å²) in [4.78, 5) is 2.45. The van der Waals surface area contributed by atoms with E-state index in [1.165, 1.54) is 9.79 Å². The van der Waals surface area contributed by atoms with E-state index < -0.39 is 0 Å². The number of thioether (sulfide) groups is 2. The molecular formula is C6H8OS2. The van der Waals surface area contributed by atoms with Crippen LogP contribution in [-0.2, 0) is 0 Å². The predicted octanol–water partition coefficient (Wildman–Crippen LogP) is 2.72. The van der Waals surface area contributed by atoms with Gasteiger partial charge in [-0.1, -0.05) is 0 Å². The summed E-state index contributed by atoms with van der Waals surface area (Å²) < 4.78 is 4.99. The van der Waals surface area contributed by atoms with Gasteiger partial charge in [-0.05, 0) is 12.5 Å². The van der Waals surface area contributed by atoms with E-state index in [2.05, 4.69) is 0 Å². The van der Waals surface area contributed by atoms with E-state index >= 15 is 0 Å². The topological polar surface area (TPSA) is 13.1 Å². The molecule has 0 amide bonds. The molecule has 1 aromatic heterocycles. The van der Waals surface area contributed by atoms with Gasteiger partial charge >= 0.3 is 0 Å². The maximum absolute atomic E-state index is 4.99. The third-order valence-electron chi connectivity index (χ3n) is 1.03. The van der Waals surface area contributed by atoms with Gasteiger partial charge in [0.15, 0.2) is 0 Å². The van der Waals surface area contributed by atoms with Crippen molar-refractivity contribution in [2.45, 2.75) is 9.79 Å². The molecule has 0 aliphatic rings. The molecule has 1 nitrogen and oxygen atoms in total. The number of rotatable bonds is 2. The van der Waals surface area contributed by atoms with Crippen molar-refractivity contribution in [3.05, 3.63) is 12.5 Å². The van der Waals surface area contributed by atoms with E-state index in [0.29, 0.717) is 0 Å². The highest BCUT2D eigenvalue weighted by Gasteiger charge is 1.99. The molecule has 0 aliphatic heterocycles. The van der Waals surface area contributed by atoms with Crippen LogP contribution in [0.3, 0.4) is 0 Å². The van der Waals surface area contributed by atoms with Crippen LogP contribution < -0.4 is 0 Å². The molecule has 0 saturated heterocycles. The van der Waals surface area contributed by atoms with Gasteiger partial charge in [0.25, 0.3) is 0 Å². The second kappa shape index (κ2) is 3.22. The lowest BCUT2D eigenvalue weighted by molar-refractivity contribution is 0.558. The molecule has 50 valence electrons. The molecule has 0 saturated carbocycles. The van der Waals surface area contributed by atoms with Crippen LogP contribution in [0, 0.1) is 0 Å². The smallest absolute Gasteiger partial charge is 0.105 e. The standard InChI is InChI=1S/C6H8OS2/c1-8-5-3-7-4-6(5)9-2/h3-4H,1-2H3. The fraction of sp³-hybridized carbons (Fsp3) is 0.333. The van der Waals surface area contributed by atoms with Gasteiger partial charge in [-0.15, -0.1) is 23.5 Å². The van der Waals surface area contributed by atoms with E-state index in [9.17, 15) is 0 Å². The van der Waals surface area contributed by atoms with Crippen molar-refractivity contribution < 1.29 is 4.42 Å². The Balaban J connectivity index is 2.85. The lowest BCUT2D eigenvalue weighted by Crippen LogP contribution is -1.63. The molecule has 0 atom stereocenters. The Kier molecular flexibility index (Phi) is 2.54. The summed E-state index contributed by atoms with van der Waals surface area (Å²) in [7, 11) is 0. The molecule has 0 fully saturated rings. The Morgan fingerprint density at radius 1 is 1.11 bits per heavy atom. The molecule has 0 unspecified atom stereocenters. The van der Waals surface area contributed by atoms with Gasteiger partial charge in [0.05, 0.1) is 9.79 Å². The first kappa shape index (κ1) is 7.09. The van der Waals surface area contributed by atoms with Crippen molar-refractivity contribution >= 4 is 23.5 Å². The summed E-state index contributed by atoms with van der Waals surface area (Å²) in [6.07, 6.45) is 7.64. The second-order valence-electron chi connectivity index (χ2n) is 1.51. The molecule has 9 heavy (non-hydrogen) atoms. The van der Waals surface area contributed by atoms with E-state index in [1.807, 2.05) is 12.5 Å². The van der Waals surface area contributed by atoms with Gasteiger partial charge in [0.1, 0.15) is 12.5 Å². The van der Waals surface area contributed by atoms with Crippen molar-refractivity contribution in [2.24, 2.45) is 0 Å². The van der Waals surface area contributed by atoms with Crippen molar-refractivity contribution in [3.63, 3.8) is 0 Å². The van der Waals surface area contributed by atoms with Crippen LogP contribution in [0.25, 0.3) is 0 Å². The minimum absolute atomic E-state index is 1.22. The summed E-state index contributed by atoms with van der Waals surface area (Å²) in [5.74, 6) is 0. The average molecular weight is 160 g/mol. The molecule has 1 heterocycles. The Hall–Kier alpha value is -0.0200. The maximum Gasteiger partial charge on any atom is 0.105 e. The lowest BCUT2D eigenvalue weighted by Gasteiger charge is -1.90. The van der Waals surface area contributed by atoms with Crippen LogP contribution >= 0.6 is 23.5 Å². The Labute approximate surface area is 63.2 Å². The SMILES string of the molecule is CSc1cocc1SC. The highest BCUT2D eigenvalue weighted by Crippen LogP contribution is 2.28. The van der Waals surface area contributed by atoms with Crippen molar-refractivity contribution in [3.8, 4) is 0 Å². The second-order valence-corrected chi connectivity index (χ2v) is 3.20. The highest BCUT2D eigenvalue weighted by molar-refractivity contribution is 8.01. The van der Waals surface area contributed by atoms with Gasteiger partial charge in [0.2, 0.25) is 0 Å². The molecule has 3 heteroatoms. The van der Waals surface area contributed by atoms with Gasteiger partial charge in [-0.3, -0.25) is 0 Å². The van der Waals surface area contributed by atoms with E-state index in [4.69, 9.17) is 4.42 Å². The van der Waals surface area contributed by atoms with Crippen LogP contribution in [0.1, 0.15) is 0 Å². The quantitative estimate of drug-likeness (QED) is 0.617. The third-order valence-corrected chi connectivity index (χ3v) is 2.67. The van der Waals surface area contributed by atoms with Crippen LogP contribution in [0.15, 0.2) is 26.7 Å². The normalized spacial score (nSPS) is 10.0. The minimum atomic E-state index is 1.22. The number of hydrogen-bond acceptors (Lipinski definition) is 3. The fourth-order valence-corrected chi connectivity index (χ4v) is 1.87. The zero-order chi connectivity index (χ0) is 6.69. The fourth-order valence-electron chi connectivity index (χ4n) is 0.571. The summed E-state index contributed by atoms with van der Waals surface area (Å²) in [5, 5.41) is 0. The average Bonchev–Trinajstić information content (AvgIpc) is 2.33. The van der Waals surface area contributed by atoms with Gasteiger partial charge < -0.3 is 4.42 Å². The Bertz CT molecular complexity index is 164. The van der Waals surface area contributed by atoms with E-state index in [0.717, 1.165) is 0 Å². The van der Waals surface area contributed by atoms with Crippen molar-refractivity contribution in [1.29, 1.82) is 0 Å². The van der Waals surface area contributed by atoms with Crippen LogP contribution in [0.4, 0.5) is 0 Å². The van der Waals surface area contributed by atoms with Crippen molar-refractivity contribution in [2.75, 3.05) is 12.5 Å². The lowest BCUT2D eigenvalue weighted by atomic mass is 10.7. The van der Waals surface area contributed by atoms with E-state index in [1.54, 1.807) is 36.1 Å². The maximum atomic E-state index is 4.99. The Morgan fingerprint density at radius 3 is 1.89 bits per heavy atom. The molecular weight excluding hydrogens is 152 g/mol. The molecule has 0 bridgehead atoms. The molecule has 1 aromatic rings. The number of hydrogen-bond donors (Lipinski definition) is 0. The molecule has 0 aromatic carbocycles. The summed E-state index contributed by atoms with van der Waals surface area (Å²) >= 11 is 3.42. The summed E-state index contributed by atoms with van der Waals surface area (Å²) in [6.45, 7) is 0. The van der Waals surface area contributed by atoms with E-state index in [-0.39, 0.29) is 0 Å². The summed E-state index contributed by atoms with van der Waals surface area (Å²) in [5.41, 5.74) is 0. The zero-order valence-corrected chi connectivity index (χ0v) is 7.01. The minimum Gasteiger partial charge on any atom is -0.470 e. The van der Waals surface area contributed by atoms with Gasteiger partial charge in [-0.2, -0.15) is 0 Å². The van der Waals surface area contributed by atoms with Crippen LogP contribution in [0.5, 0.6) is 0 Å². The third kappa shape index (κ3) is 1.46. The zero-order valence-electron chi connectivity index (χ0n) is 5.38. The molecule has 0 aliphatic carbocycles. The molecule has 0 radical (unpaired) electrons. The van der Waals surface area contributed by atoms with Gasteiger partial charge in [0, 0.05) is 0 Å². The molecule has 0 spiro atoms. The Morgan fingerprint density at radius 2 is 1.56 bits per heavy atom. The largest absolute Gasteiger partial charge is 0.470 e. The molecule has 1 rings (SSSR count). The monoisotopic (exact) mass is 160 g/mol. The van der Waals surface area contributed by atoms with Gasteiger partial charge in [-0.25, -0.2) is 0 Å². The summed E-state index contributed by atoms with van der Waals surface area (Å²) in [6, 6.07) is 0. The highest BCUT2D eigenvalue weighted by atomic mass is 32.2. The first-order valence-electron chi connectivity index (χ1n) is 2.52.